The zero-order chi connectivity index (χ0) is 13.4. The second-order valence-corrected chi connectivity index (χ2v) is 3.90. The van der Waals surface area contributed by atoms with Gasteiger partial charge in [0.15, 0.2) is 0 Å². The normalized spacial score (nSPS) is 10.8. The highest BCUT2D eigenvalue weighted by molar-refractivity contribution is 5.79. The second kappa shape index (κ2) is 7.48. The summed E-state index contributed by atoms with van der Waals surface area (Å²) < 4.78 is 18.6. The van der Waals surface area contributed by atoms with E-state index in [-0.39, 0.29) is 5.82 Å². The van der Waals surface area contributed by atoms with Gasteiger partial charge in [-0.2, -0.15) is 0 Å². The van der Waals surface area contributed by atoms with E-state index >= 15 is 0 Å². The van der Waals surface area contributed by atoms with E-state index in [1.54, 1.807) is 6.07 Å². The van der Waals surface area contributed by atoms with Crippen LogP contribution in [-0.4, -0.2) is 17.7 Å². The van der Waals surface area contributed by atoms with Gasteiger partial charge in [0.05, 0.1) is 6.61 Å². The van der Waals surface area contributed by atoms with Crippen molar-refractivity contribution in [2.24, 2.45) is 0 Å². The topological polar surface area (TPSA) is 46.5 Å². The van der Waals surface area contributed by atoms with Gasteiger partial charge in [-0.15, -0.1) is 0 Å². The number of halogens is 1. The molecule has 1 aromatic carbocycles. The van der Waals surface area contributed by atoms with Crippen LogP contribution >= 0.6 is 0 Å². The number of carboxylic acid groups (broad SMARTS) is 1. The molecule has 0 aromatic heterocycles. The van der Waals surface area contributed by atoms with Gasteiger partial charge in [0.25, 0.3) is 0 Å². The number of carboxylic acids is 1. The van der Waals surface area contributed by atoms with E-state index in [4.69, 9.17) is 9.84 Å². The first-order chi connectivity index (χ1) is 8.63. The number of benzene rings is 1. The van der Waals surface area contributed by atoms with Crippen molar-refractivity contribution in [3.8, 4) is 5.75 Å². The molecule has 0 spiro atoms. The molecule has 0 aliphatic carbocycles. The molecule has 18 heavy (non-hydrogen) atoms. The van der Waals surface area contributed by atoms with Crippen molar-refractivity contribution in [2.75, 3.05) is 6.61 Å². The smallest absolute Gasteiger partial charge is 0.327 e. The van der Waals surface area contributed by atoms with Crippen LogP contribution in [-0.2, 0) is 11.2 Å². The minimum atomic E-state index is -0.995. The van der Waals surface area contributed by atoms with E-state index < -0.39 is 5.97 Å². The lowest BCUT2D eigenvalue weighted by Gasteiger charge is -2.10. The van der Waals surface area contributed by atoms with Gasteiger partial charge < -0.3 is 9.84 Å². The molecule has 0 fully saturated rings. The monoisotopic (exact) mass is 252 g/mol. The van der Waals surface area contributed by atoms with Crippen molar-refractivity contribution in [1.29, 1.82) is 0 Å². The first-order valence-electron chi connectivity index (χ1n) is 5.94. The van der Waals surface area contributed by atoms with Crippen LogP contribution in [0.5, 0.6) is 5.75 Å². The van der Waals surface area contributed by atoms with Gasteiger partial charge in [0, 0.05) is 12.1 Å². The molecule has 0 bridgehead atoms. The van der Waals surface area contributed by atoms with E-state index in [0.717, 1.165) is 24.5 Å². The van der Waals surface area contributed by atoms with Gasteiger partial charge in [0.2, 0.25) is 0 Å². The van der Waals surface area contributed by atoms with E-state index in [9.17, 15) is 9.18 Å². The predicted octanol–water partition coefficient (Wildman–Crippen LogP) is 3.19. The van der Waals surface area contributed by atoms with Gasteiger partial charge in [-0.25, -0.2) is 9.18 Å². The van der Waals surface area contributed by atoms with Crippen LogP contribution in [0.1, 0.15) is 25.3 Å². The van der Waals surface area contributed by atoms with E-state index in [1.807, 2.05) is 6.92 Å². The Kier molecular flexibility index (Phi) is 5.91. The maximum absolute atomic E-state index is 13.1. The molecule has 0 atom stereocenters. The number of ether oxygens (including phenoxy) is 1. The molecule has 4 heteroatoms. The molecule has 0 aliphatic heterocycles. The second-order valence-electron chi connectivity index (χ2n) is 3.90. The summed E-state index contributed by atoms with van der Waals surface area (Å²) in [4.78, 5) is 10.4. The Morgan fingerprint density at radius 2 is 2.28 bits per heavy atom. The zero-order valence-electron chi connectivity index (χ0n) is 10.4. The fraction of sp³-hybridized carbons (Fsp3) is 0.357. The summed E-state index contributed by atoms with van der Waals surface area (Å²) in [5.74, 6) is -0.864. The van der Waals surface area contributed by atoms with Crippen LogP contribution < -0.4 is 4.74 Å². The van der Waals surface area contributed by atoms with Gasteiger partial charge in [-0.05, 0) is 24.5 Å². The van der Waals surface area contributed by atoms with E-state index in [1.165, 1.54) is 18.2 Å². The molecule has 1 N–H and O–H groups in total. The molecule has 1 rings (SSSR count). The molecule has 1 aromatic rings. The zero-order valence-corrected chi connectivity index (χ0v) is 10.4. The fourth-order valence-electron chi connectivity index (χ4n) is 1.44. The molecule has 0 unspecified atom stereocenters. The van der Waals surface area contributed by atoms with Crippen LogP contribution in [0.4, 0.5) is 4.39 Å². The molecule has 0 heterocycles. The first kappa shape index (κ1) is 14.2. The van der Waals surface area contributed by atoms with Crippen LogP contribution in [0.25, 0.3) is 0 Å². The number of rotatable bonds is 7. The molecular formula is C14H17FO3. The summed E-state index contributed by atoms with van der Waals surface area (Å²) in [6, 6.07) is 4.29. The summed E-state index contributed by atoms with van der Waals surface area (Å²) in [5.41, 5.74) is 0.782. The lowest BCUT2D eigenvalue weighted by molar-refractivity contribution is -0.131. The van der Waals surface area contributed by atoms with Gasteiger partial charge in [0.1, 0.15) is 11.6 Å². The summed E-state index contributed by atoms with van der Waals surface area (Å²) in [6.07, 6.45) is 4.90. The number of hydrogen-bond donors (Lipinski definition) is 1. The lowest BCUT2D eigenvalue weighted by atomic mass is 10.1. The minimum absolute atomic E-state index is 0.354. The Morgan fingerprint density at radius 3 is 2.94 bits per heavy atom. The van der Waals surface area contributed by atoms with Gasteiger partial charge >= 0.3 is 5.97 Å². The van der Waals surface area contributed by atoms with Crippen molar-refractivity contribution in [3.05, 3.63) is 41.7 Å². The molecule has 0 saturated carbocycles. The highest BCUT2D eigenvalue weighted by atomic mass is 19.1. The Bertz CT molecular complexity index is 427. The summed E-state index contributed by atoms with van der Waals surface area (Å²) >= 11 is 0. The van der Waals surface area contributed by atoms with Gasteiger partial charge in [-0.1, -0.05) is 25.5 Å². The average molecular weight is 252 g/mol. The maximum atomic E-state index is 13.1. The highest BCUT2D eigenvalue weighted by Crippen LogP contribution is 2.21. The third-order valence-corrected chi connectivity index (χ3v) is 2.38. The maximum Gasteiger partial charge on any atom is 0.327 e. The largest absolute Gasteiger partial charge is 0.493 e. The molecule has 0 saturated heterocycles. The molecule has 0 radical (unpaired) electrons. The van der Waals surface area contributed by atoms with Crippen molar-refractivity contribution in [1.82, 2.24) is 0 Å². The van der Waals surface area contributed by atoms with E-state index in [2.05, 4.69) is 0 Å². The van der Waals surface area contributed by atoms with Crippen molar-refractivity contribution in [3.63, 3.8) is 0 Å². The number of hydrogen-bond acceptors (Lipinski definition) is 2. The van der Waals surface area contributed by atoms with Crippen molar-refractivity contribution in [2.45, 2.75) is 26.2 Å². The lowest BCUT2D eigenvalue weighted by Crippen LogP contribution is -2.00. The van der Waals surface area contributed by atoms with Gasteiger partial charge in [-0.3, -0.25) is 0 Å². The number of carbonyl (C=O) groups is 1. The summed E-state index contributed by atoms with van der Waals surface area (Å²) in [5, 5.41) is 8.50. The van der Waals surface area contributed by atoms with Crippen LogP contribution in [0.2, 0.25) is 0 Å². The quantitative estimate of drug-likeness (QED) is 0.599. The summed E-state index contributed by atoms with van der Waals surface area (Å²) in [7, 11) is 0. The standard InChI is InChI=1S/C14H17FO3/c1-2-3-9-18-13-10-12(15)8-7-11(13)5-4-6-14(16)17/h4,6-8,10H,2-3,5,9H2,1H3,(H,16,17). The molecule has 0 aliphatic rings. The number of unbranched alkanes of at least 4 members (excludes halogenated alkanes) is 1. The molecular weight excluding hydrogens is 235 g/mol. The Labute approximate surface area is 106 Å². The Morgan fingerprint density at radius 1 is 1.50 bits per heavy atom. The minimum Gasteiger partial charge on any atom is -0.493 e. The molecule has 98 valence electrons. The predicted molar refractivity (Wildman–Crippen MR) is 67.3 cm³/mol. The number of aliphatic carboxylic acids is 1. The van der Waals surface area contributed by atoms with Crippen LogP contribution in [0.3, 0.4) is 0 Å². The first-order valence-corrected chi connectivity index (χ1v) is 5.94. The third kappa shape index (κ3) is 4.99. The molecule has 3 nitrogen and oxygen atoms in total. The van der Waals surface area contributed by atoms with Crippen LogP contribution in [0.15, 0.2) is 30.4 Å². The SMILES string of the molecule is CCCCOc1cc(F)ccc1CC=CC(=O)O. The molecule has 0 amide bonds. The van der Waals surface area contributed by atoms with Crippen molar-refractivity contribution < 1.29 is 19.0 Å². The number of allylic oxidation sites excluding steroid dienone is 1. The average Bonchev–Trinajstić information content (AvgIpc) is 2.32. The highest BCUT2D eigenvalue weighted by Gasteiger charge is 2.04. The summed E-state index contributed by atoms with van der Waals surface area (Å²) in [6.45, 7) is 2.58. The van der Waals surface area contributed by atoms with Crippen molar-refractivity contribution >= 4 is 5.97 Å². The third-order valence-electron chi connectivity index (χ3n) is 2.38. The Hall–Kier alpha value is -1.84. The van der Waals surface area contributed by atoms with Crippen LogP contribution in [0, 0.1) is 5.82 Å². The van der Waals surface area contributed by atoms with E-state index in [0.29, 0.717) is 18.8 Å². The fourth-order valence-corrected chi connectivity index (χ4v) is 1.44. The Balaban J connectivity index is 2.72.